The largest absolute Gasteiger partial charge is 0.317 e. The fourth-order valence-electron chi connectivity index (χ4n) is 0.595. The van der Waals surface area contributed by atoms with Crippen LogP contribution in [0.3, 0.4) is 0 Å². The molecule has 1 heterocycles. The topological polar surface area (TPSA) is 51.8 Å². The lowest BCUT2D eigenvalue weighted by molar-refractivity contribution is 0.113. The third-order valence-corrected chi connectivity index (χ3v) is 1.16. The SMILES string of the molecule is NC(c1ncccn1)C(F)F. The van der Waals surface area contributed by atoms with Crippen molar-refractivity contribution in [3.63, 3.8) is 0 Å². The van der Waals surface area contributed by atoms with E-state index < -0.39 is 12.5 Å². The van der Waals surface area contributed by atoms with Crippen LogP contribution in [0, 0.1) is 0 Å². The maximum atomic E-state index is 11.9. The number of nitrogens with two attached hydrogens (primary N) is 1. The second kappa shape index (κ2) is 3.34. The molecule has 11 heavy (non-hydrogen) atoms. The molecule has 0 aliphatic heterocycles. The molecule has 2 N–H and O–H groups in total. The van der Waals surface area contributed by atoms with Gasteiger partial charge in [0.2, 0.25) is 0 Å². The molecular weight excluding hydrogens is 152 g/mol. The highest BCUT2D eigenvalue weighted by molar-refractivity contribution is 4.95. The van der Waals surface area contributed by atoms with Gasteiger partial charge in [0.25, 0.3) is 6.43 Å². The second-order valence-corrected chi connectivity index (χ2v) is 1.97. The quantitative estimate of drug-likeness (QED) is 0.692. The molecule has 1 rings (SSSR count). The van der Waals surface area contributed by atoms with Crippen molar-refractivity contribution >= 4 is 0 Å². The van der Waals surface area contributed by atoms with Crippen molar-refractivity contribution in [1.29, 1.82) is 0 Å². The predicted molar refractivity (Wildman–Crippen MR) is 35.0 cm³/mol. The fraction of sp³-hybridized carbons (Fsp3) is 0.333. The van der Waals surface area contributed by atoms with E-state index in [9.17, 15) is 8.78 Å². The zero-order valence-corrected chi connectivity index (χ0v) is 5.61. The summed E-state index contributed by atoms with van der Waals surface area (Å²) in [4.78, 5) is 7.17. The van der Waals surface area contributed by atoms with Gasteiger partial charge < -0.3 is 5.73 Å². The molecule has 0 radical (unpaired) electrons. The van der Waals surface area contributed by atoms with Crippen LogP contribution in [-0.2, 0) is 0 Å². The van der Waals surface area contributed by atoms with Crippen molar-refractivity contribution in [2.75, 3.05) is 0 Å². The number of aromatic nitrogens is 2. The van der Waals surface area contributed by atoms with E-state index in [1.54, 1.807) is 6.07 Å². The first kappa shape index (κ1) is 8.00. The molecule has 0 spiro atoms. The third kappa shape index (κ3) is 1.91. The predicted octanol–water partition coefficient (Wildman–Crippen LogP) is 0.742. The molecule has 1 unspecified atom stereocenters. The molecule has 0 fully saturated rings. The first-order chi connectivity index (χ1) is 5.22. The van der Waals surface area contributed by atoms with Crippen molar-refractivity contribution in [2.24, 2.45) is 5.73 Å². The van der Waals surface area contributed by atoms with Crippen LogP contribution in [0.1, 0.15) is 11.9 Å². The van der Waals surface area contributed by atoms with Crippen LogP contribution >= 0.6 is 0 Å². The van der Waals surface area contributed by atoms with Gasteiger partial charge in [0.05, 0.1) is 0 Å². The molecule has 0 aliphatic carbocycles. The van der Waals surface area contributed by atoms with E-state index in [0.29, 0.717) is 0 Å². The van der Waals surface area contributed by atoms with E-state index in [1.165, 1.54) is 12.4 Å². The van der Waals surface area contributed by atoms with Gasteiger partial charge in [-0.25, -0.2) is 18.7 Å². The van der Waals surface area contributed by atoms with Crippen molar-refractivity contribution in [2.45, 2.75) is 12.5 Å². The van der Waals surface area contributed by atoms with Crippen molar-refractivity contribution in [3.05, 3.63) is 24.3 Å². The normalized spacial score (nSPS) is 13.5. The number of nitrogens with zero attached hydrogens (tertiary/aromatic N) is 2. The van der Waals surface area contributed by atoms with E-state index >= 15 is 0 Å². The Kier molecular flexibility index (Phi) is 2.43. The molecular formula is C6H7F2N3. The lowest BCUT2D eigenvalue weighted by atomic mass is 10.3. The van der Waals surface area contributed by atoms with Gasteiger partial charge in [0.1, 0.15) is 6.04 Å². The van der Waals surface area contributed by atoms with Gasteiger partial charge in [-0.05, 0) is 6.07 Å². The Morgan fingerprint density at radius 1 is 1.27 bits per heavy atom. The molecule has 1 aromatic rings. The summed E-state index contributed by atoms with van der Waals surface area (Å²) < 4.78 is 23.8. The summed E-state index contributed by atoms with van der Waals surface area (Å²) in [6.45, 7) is 0. The molecule has 0 amide bonds. The Bertz CT molecular complexity index is 214. The number of rotatable bonds is 2. The number of alkyl halides is 2. The fourth-order valence-corrected chi connectivity index (χ4v) is 0.595. The van der Waals surface area contributed by atoms with Gasteiger partial charge in [0.15, 0.2) is 5.82 Å². The average molecular weight is 159 g/mol. The number of halogens is 2. The van der Waals surface area contributed by atoms with Crippen molar-refractivity contribution < 1.29 is 8.78 Å². The van der Waals surface area contributed by atoms with Crippen LogP contribution in [0.15, 0.2) is 18.5 Å². The third-order valence-electron chi connectivity index (χ3n) is 1.16. The van der Waals surface area contributed by atoms with Gasteiger partial charge >= 0.3 is 0 Å². The van der Waals surface area contributed by atoms with E-state index in [-0.39, 0.29) is 5.82 Å². The summed E-state index contributed by atoms with van der Waals surface area (Å²) in [6.07, 6.45) is 0.146. The van der Waals surface area contributed by atoms with Gasteiger partial charge in [-0.1, -0.05) is 0 Å². The van der Waals surface area contributed by atoms with Crippen LogP contribution in [0.4, 0.5) is 8.78 Å². The highest BCUT2D eigenvalue weighted by Gasteiger charge is 2.19. The Hall–Kier alpha value is -1.10. The van der Waals surface area contributed by atoms with Crippen LogP contribution in [-0.4, -0.2) is 16.4 Å². The average Bonchev–Trinajstić information content (AvgIpc) is 2.05. The molecule has 1 atom stereocenters. The minimum absolute atomic E-state index is 0.0255. The Labute approximate surface area is 62.3 Å². The minimum atomic E-state index is -2.61. The Morgan fingerprint density at radius 3 is 2.27 bits per heavy atom. The van der Waals surface area contributed by atoms with Crippen LogP contribution in [0.2, 0.25) is 0 Å². The van der Waals surface area contributed by atoms with E-state index in [1.807, 2.05) is 0 Å². The number of hydrogen-bond acceptors (Lipinski definition) is 3. The van der Waals surface area contributed by atoms with Gasteiger partial charge in [0, 0.05) is 12.4 Å². The molecule has 5 heteroatoms. The van der Waals surface area contributed by atoms with Crippen LogP contribution in [0.5, 0.6) is 0 Å². The minimum Gasteiger partial charge on any atom is -0.317 e. The summed E-state index contributed by atoms with van der Waals surface area (Å²) in [5, 5.41) is 0. The highest BCUT2D eigenvalue weighted by Crippen LogP contribution is 2.11. The lowest BCUT2D eigenvalue weighted by Gasteiger charge is -2.06. The molecule has 0 saturated heterocycles. The van der Waals surface area contributed by atoms with Gasteiger partial charge in [-0.15, -0.1) is 0 Å². The molecule has 60 valence electrons. The zero-order chi connectivity index (χ0) is 8.27. The maximum Gasteiger partial charge on any atom is 0.260 e. The highest BCUT2D eigenvalue weighted by atomic mass is 19.3. The van der Waals surface area contributed by atoms with E-state index in [4.69, 9.17) is 5.73 Å². The first-order valence-corrected chi connectivity index (χ1v) is 3.02. The summed E-state index contributed by atoms with van der Waals surface area (Å²) in [5.41, 5.74) is 5.06. The summed E-state index contributed by atoms with van der Waals surface area (Å²) in [5.74, 6) is -0.0255. The maximum absolute atomic E-state index is 11.9. The molecule has 0 aliphatic rings. The number of hydrogen-bond donors (Lipinski definition) is 1. The van der Waals surface area contributed by atoms with Crippen LogP contribution < -0.4 is 5.73 Å². The Morgan fingerprint density at radius 2 is 1.82 bits per heavy atom. The standard InChI is InChI=1S/C6H7F2N3/c7-5(8)4(9)6-10-2-1-3-11-6/h1-5H,9H2. The van der Waals surface area contributed by atoms with Crippen molar-refractivity contribution in [3.8, 4) is 0 Å². The monoisotopic (exact) mass is 159 g/mol. The Balaban J connectivity index is 2.77. The van der Waals surface area contributed by atoms with Crippen molar-refractivity contribution in [1.82, 2.24) is 9.97 Å². The van der Waals surface area contributed by atoms with Gasteiger partial charge in [-0.3, -0.25) is 0 Å². The molecule has 0 saturated carbocycles. The summed E-state index contributed by atoms with van der Waals surface area (Å²) >= 11 is 0. The molecule has 1 aromatic heterocycles. The lowest BCUT2D eigenvalue weighted by Crippen LogP contribution is -2.21. The molecule has 3 nitrogen and oxygen atoms in total. The first-order valence-electron chi connectivity index (χ1n) is 3.02. The molecule has 0 aromatic carbocycles. The van der Waals surface area contributed by atoms with Gasteiger partial charge in [-0.2, -0.15) is 0 Å². The summed E-state index contributed by atoms with van der Waals surface area (Å²) in [6, 6.07) is 0.165. The molecule has 0 bridgehead atoms. The van der Waals surface area contributed by atoms with E-state index in [0.717, 1.165) is 0 Å². The summed E-state index contributed by atoms with van der Waals surface area (Å²) in [7, 11) is 0. The van der Waals surface area contributed by atoms with Crippen LogP contribution in [0.25, 0.3) is 0 Å². The van der Waals surface area contributed by atoms with E-state index in [2.05, 4.69) is 9.97 Å². The second-order valence-electron chi connectivity index (χ2n) is 1.97. The smallest absolute Gasteiger partial charge is 0.260 e. The zero-order valence-electron chi connectivity index (χ0n) is 5.61.